The number of hydrogen-bond donors (Lipinski definition) is 1. The van der Waals surface area contributed by atoms with E-state index in [1.165, 1.54) is 11.3 Å². The van der Waals surface area contributed by atoms with Gasteiger partial charge in [0.2, 0.25) is 5.91 Å². The number of hydrogen-bond acceptors (Lipinski definition) is 4. The zero-order chi connectivity index (χ0) is 19.5. The van der Waals surface area contributed by atoms with Crippen LogP contribution in [0.5, 0.6) is 0 Å². The molecule has 1 saturated heterocycles. The van der Waals surface area contributed by atoms with Crippen molar-refractivity contribution in [2.45, 2.75) is 25.9 Å². The van der Waals surface area contributed by atoms with Crippen molar-refractivity contribution < 1.29 is 9.90 Å². The molecule has 5 heteroatoms. The Labute approximate surface area is 167 Å². The standard InChI is InChI=1S/C23H29N3O2/c1-18(27)26-11-5-6-19-16-20(9-10-22(19)26)23(28)17-24-12-14-25(15-13-24)21-7-3-2-4-8-21/h2-4,7-10,16,23,28H,5-6,11-15,17H2,1H3/t23-/m0/s1. The molecule has 1 fully saturated rings. The lowest BCUT2D eigenvalue weighted by Crippen LogP contribution is -2.47. The van der Waals surface area contributed by atoms with Gasteiger partial charge >= 0.3 is 0 Å². The van der Waals surface area contributed by atoms with Crippen molar-refractivity contribution in [1.82, 2.24) is 4.90 Å². The van der Waals surface area contributed by atoms with E-state index in [0.717, 1.165) is 56.8 Å². The van der Waals surface area contributed by atoms with Crippen LogP contribution in [0.15, 0.2) is 48.5 Å². The maximum atomic E-state index is 11.8. The van der Waals surface area contributed by atoms with Gasteiger partial charge in [-0.05, 0) is 42.2 Å². The third-order valence-corrected chi connectivity index (χ3v) is 5.91. The second-order valence-corrected chi connectivity index (χ2v) is 7.80. The van der Waals surface area contributed by atoms with Crippen LogP contribution in [0.1, 0.15) is 30.6 Å². The zero-order valence-corrected chi connectivity index (χ0v) is 16.6. The normalized spacial score (nSPS) is 18.6. The van der Waals surface area contributed by atoms with E-state index in [1.807, 2.05) is 23.1 Å². The van der Waals surface area contributed by atoms with Crippen LogP contribution in [-0.4, -0.2) is 55.2 Å². The molecule has 0 aliphatic carbocycles. The van der Waals surface area contributed by atoms with E-state index in [-0.39, 0.29) is 5.91 Å². The SMILES string of the molecule is CC(=O)N1CCCc2cc([C@@H](O)CN3CCN(c4ccccc4)CC3)ccc21. The molecular formula is C23H29N3O2. The highest BCUT2D eigenvalue weighted by atomic mass is 16.3. The lowest BCUT2D eigenvalue weighted by molar-refractivity contribution is -0.116. The maximum Gasteiger partial charge on any atom is 0.223 e. The summed E-state index contributed by atoms with van der Waals surface area (Å²) in [5.41, 5.74) is 4.40. The van der Waals surface area contributed by atoms with E-state index in [2.05, 4.69) is 40.1 Å². The molecule has 1 N–H and O–H groups in total. The Morgan fingerprint density at radius 1 is 1.04 bits per heavy atom. The van der Waals surface area contributed by atoms with E-state index >= 15 is 0 Å². The number of benzene rings is 2. The van der Waals surface area contributed by atoms with Gasteiger partial charge in [-0.1, -0.05) is 30.3 Å². The zero-order valence-electron chi connectivity index (χ0n) is 16.6. The van der Waals surface area contributed by atoms with Gasteiger partial charge in [-0.3, -0.25) is 9.69 Å². The number of β-amino-alcohol motifs (C(OH)–C–C–N with tert-alkyl or cyclic N) is 1. The van der Waals surface area contributed by atoms with Crippen molar-refractivity contribution in [3.63, 3.8) is 0 Å². The van der Waals surface area contributed by atoms with Gasteiger partial charge in [0.05, 0.1) is 6.10 Å². The van der Waals surface area contributed by atoms with E-state index in [1.54, 1.807) is 6.92 Å². The number of aliphatic hydroxyl groups is 1. The van der Waals surface area contributed by atoms with Crippen LogP contribution in [0.3, 0.4) is 0 Å². The predicted octanol–water partition coefficient (Wildman–Crippen LogP) is 2.84. The van der Waals surface area contributed by atoms with Crippen molar-refractivity contribution in [3.8, 4) is 0 Å². The first-order chi connectivity index (χ1) is 13.6. The lowest BCUT2D eigenvalue weighted by Gasteiger charge is -2.37. The van der Waals surface area contributed by atoms with E-state index in [0.29, 0.717) is 6.54 Å². The van der Waals surface area contributed by atoms with Gasteiger partial charge < -0.3 is 14.9 Å². The minimum absolute atomic E-state index is 0.0885. The summed E-state index contributed by atoms with van der Waals surface area (Å²) in [4.78, 5) is 18.4. The number of piperazine rings is 1. The molecule has 2 aliphatic heterocycles. The van der Waals surface area contributed by atoms with Gasteiger partial charge in [0.25, 0.3) is 0 Å². The molecule has 1 atom stereocenters. The van der Waals surface area contributed by atoms with E-state index < -0.39 is 6.10 Å². The maximum absolute atomic E-state index is 11.8. The van der Waals surface area contributed by atoms with Crippen LogP contribution in [0.4, 0.5) is 11.4 Å². The summed E-state index contributed by atoms with van der Waals surface area (Å²) >= 11 is 0. The summed E-state index contributed by atoms with van der Waals surface area (Å²) < 4.78 is 0. The van der Waals surface area contributed by atoms with Crippen LogP contribution < -0.4 is 9.80 Å². The second-order valence-electron chi connectivity index (χ2n) is 7.80. The van der Waals surface area contributed by atoms with Crippen molar-refractivity contribution in [2.24, 2.45) is 0 Å². The molecule has 0 bridgehead atoms. The monoisotopic (exact) mass is 379 g/mol. The molecule has 1 amide bonds. The number of carbonyl (C=O) groups excluding carboxylic acids is 1. The lowest BCUT2D eigenvalue weighted by atomic mass is 9.97. The summed E-state index contributed by atoms with van der Waals surface area (Å²) in [7, 11) is 0. The molecule has 0 radical (unpaired) electrons. The quantitative estimate of drug-likeness (QED) is 0.887. The molecule has 2 aromatic carbocycles. The molecule has 2 aliphatic rings. The fourth-order valence-electron chi connectivity index (χ4n) is 4.33. The topological polar surface area (TPSA) is 47.0 Å². The summed E-state index contributed by atoms with van der Waals surface area (Å²) in [6.07, 6.45) is 1.45. The van der Waals surface area contributed by atoms with Crippen molar-refractivity contribution in [1.29, 1.82) is 0 Å². The van der Waals surface area contributed by atoms with Crippen LogP contribution >= 0.6 is 0 Å². The minimum Gasteiger partial charge on any atom is -0.387 e. The predicted molar refractivity (Wildman–Crippen MR) is 113 cm³/mol. The van der Waals surface area contributed by atoms with Crippen LogP contribution in [-0.2, 0) is 11.2 Å². The van der Waals surface area contributed by atoms with E-state index in [9.17, 15) is 9.90 Å². The van der Waals surface area contributed by atoms with E-state index in [4.69, 9.17) is 0 Å². The molecule has 0 unspecified atom stereocenters. The van der Waals surface area contributed by atoms with Gasteiger partial charge in [-0.25, -0.2) is 0 Å². The molecule has 5 nitrogen and oxygen atoms in total. The fraction of sp³-hybridized carbons (Fsp3) is 0.435. The first kappa shape index (κ1) is 19.0. The number of para-hydroxylation sites is 1. The number of amides is 1. The van der Waals surface area contributed by atoms with Gasteiger partial charge in [-0.2, -0.15) is 0 Å². The van der Waals surface area contributed by atoms with Crippen molar-refractivity contribution in [2.75, 3.05) is 49.1 Å². The number of carbonyl (C=O) groups is 1. The van der Waals surface area contributed by atoms with Gasteiger partial charge in [0.15, 0.2) is 0 Å². The number of fused-ring (bicyclic) bond motifs is 1. The molecule has 148 valence electrons. The highest BCUT2D eigenvalue weighted by Gasteiger charge is 2.23. The number of anilines is 2. The van der Waals surface area contributed by atoms with Gasteiger partial charge in [0, 0.05) is 57.6 Å². The Hall–Kier alpha value is -2.37. The molecule has 0 spiro atoms. The smallest absolute Gasteiger partial charge is 0.223 e. The minimum atomic E-state index is -0.499. The van der Waals surface area contributed by atoms with Crippen LogP contribution in [0.25, 0.3) is 0 Å². The number of aliphatic hydroxyl groups excluding tert-OH is 1. The molecule has 28 heavy (non-hydrogen) atoms. The Morgan fingerprint density at radius 3 is 2.50 bits per heavy atom. The highest BCUT2D eigenvalue weighted by Crippen LogP contribution is 2.30. The summed E-state index contributed by atoms with van der Waals surface area (Å²) in [5, 5.41) is 10.8. The third-order valence-electron chi connectivity index (χ3n) is 5.91. The fourth-order valence-corrected chi connectivity index (χ4v) is 4.33. The van der Waals surface area contributed by atoms with Crippen LogP contribution in [0, 0.1) is 0 Å². The average Bonchev–Trinajstić information content (AvgIpc) is 2.74. The average molecular weight is 380 g/mol. The first-order valence-corrected chi connectivity index (χ1v) is 10.2. The molecule has 2 aromatic rings. The molecule has 2 heterocycles. The molecule has 0 aromatic heterocycles. The number of rotatable bonds is 4. The van der Waals surface area contributed by atoms with Crippen LogP contribution in [0.2, 0.25) is 0 Å². The first-order valence-electron chi connectivity index (χ1n) is 10.2. The summed E-state index contributed by atoms with van der Waals surface area (Å²) in [6.45, 7) is 6.92. The second kappa shape index (κ2) is 8.33. The number of aryl methyl sites for hydroxylation is 1. The Morgan fingerprint density at radius 2 is 1.79 bits per heavy atom. The highest BCUT2D eigenvalue weighted by molar-refractivity contribution is 5.92. The number of nitrogens with zero attached hydrogens (tertiary/aromatic N) is 3. The van der Waals surface area contributed by atoms with Gasteiger partial charge in [0.1, 0.15) is 0 Å². The molecular weight excluding hydrogens is 350 g/mol. The Kier molecular flexibility index (Phi) is 5.64. The summed E-state index contributed by atoms with van der Waals surface area (Å²) in [6, 6.07) is 16.6. The van der Waals surface area contributed by atoms with Gasteiger partial charge in [-0.15, -0.1) is 0 Å². The Bertz CT molecular complexity index is 816. The Balaban J connectivity index is 1.37. The van der Waals surface area contributed by atoms with Crippen molar-refractivity contribution in [3.05, 3.63) is 59.7 Å². The third kappa shape index (κ3) is 4.05. The summed E-state index contributed by atoms with van der Waals surface area (Å²) in [5.74, 6) is 0.0885. The largest absolute Gasteiger partial charge is 0.387 e. The molecule has 0 saturated carbocycles. The molecule has 4 rings (SSSR count). The van der Waals surface area contributed by atoms with Crippen molar-refractivity contribution >= 4 is 17.3 Å².